The summed E-state index contributed by atoms with van der Waals surface area (Å²) in [5.74, 6) is 1.90. The van der Waals surface area contributed by atoms with Gasteiger partial charge in [-0.1, -0.05) is 0 Å². The van der Waals surface area contributed by atoms with Gasteiger partial charge in [0, 0.05) is 57.3 Å². The van der Waals surface area contributed by atoms with Gasteiger partial charge in [0.25, 0.3) is 0 Å². The zero-order chi connectivity index (χ0) is 18.3. The topological polar surface area (TPSA) is 55.8 Å². The van der Waals surface area contributed by atoms with Crippen molar-refractivity contribution in [1.29, 1.82) is 0 Å². The molecule has 2 N–H and O–H groups in total. The van der Waals surface area contributed by atoms with Crippen molar-refractivity contribution in [3.05, 3.63) is 23.9 Å². The number of aromatic nitrogens is 1. The number of piperazine rings is 1. The maximum absolute atomic E-state index is 4.55. The Morgan fingerprint density at radius 3 is 2.58 bits per heavy atom. The highest BCUT2D eigenvalue weighted by atomic mass is 127. The van der Waals surface area contributed by atoms with Crippen LogP contribution < -0.4 is 15.5 Å². The maximum Gasteiger partial charge on any atom is 0.191 e. The molecule has 1 saturated heterocycles. The van der Waals surface area contributed by atoms with Gasteiger partial charge >= 0.3 is 0 Å². The molecule has 148 valence electrons. The van der Waals surface area contributed by atoms with Crippen molar-refractivity contribution in [3.63, 3.8) is 0 Å². The molecular formula is C18H33IN6S. The fourth-order valence-corrected chi connectivity index (χ4v) is 2.77. The Balaban J connectivity index is 0.00000338. The van der Waals surface area contributed by atoms with Gasteiger partial charge in [0.15, 0.2) is 5.96 Å². The molecule has 6 nitrogen and oxygen atoms in total. The molecule has 0 aromatic carbocycles. The highest BCUT2D eigenvalue weighted by Gasteiger charge is 2.17. The molecule has 0 bridgehead atoms. The fourth-order valence-electron chi connectivity index (χ4n) is 2.55. The number of pyridine rings is 1. The van der Waals surface area contributed by atoms with Crippen molar-refractivity contribution in [3.8, 4) is 0 Å². The molecule has 26 heavy (non-hydrogen) atoms. The van der Waals surface area contributed by atoms with E-state index in [1.165, 1.54) is 5.56 Å². The van der Waals surface area contributed by atoms with E-state index in [-0.39, 0.29) is 28.7 Å². The number of halogens is 1. The summed E-state index contributed by atoms with van der Waals surface area (Å²) >= 11 is 1.85. The molecular weight excluding hydrogens is 459 g/mol. The van der Waals surface area contributed by atoms with E-state index in [0.717, 1.165) is 51.0 Å². The van der Waals surface area contributed by atoms with Gasteiger partial charge in [0.05, 0.1) is 0 Å². The van der Waals surface area contributed by atoms with E-state index in [1.54, 1.807) is 0 Å². The van der Waals surface area contributed by atoms with Crippen LogP contribution in [0.5, 0.6) is 0 Å². The van der Waals surface area contributed by atoms with Gasteiger partial charge in [-0.3, -0.25) is 4.99 Å². The number of nitrogens with one attached hydrogen (secondary N) is 2. The number of guanidine groups is 1. The van der Waals surface area contributed by atoms with E-state index >= 15 is 0 Å². The number of rotatable bonds is 6. The lowest BCUT2D eigenvalue weighted by Gasteiger charge is -2.33. The molecule has 8 heteroatoms. The summed E-state index contributed by atoms with van der Waals surface area (Å²) < 4.78 is 0.183. The second kappa shape index (κ2) is 11.2. The van der Waals surface area contributed by atoms with Crippen LogP contribution in [0, 0.1) is 0 Å². The molecule has 0 unspecified atom stereocenters. The first-order valence-corrected chi connectivity index (χ1v) is 10.0. The third kappa shape index (κ3) is 7.48. The third-order valence-electron chi connectivity index (χ3n) is 4.55. The SMILES string of the molecule is CN=C(NCc1ccnc(N2CCN(C)CC2)c1)NCC(C)(C)SC.I. The van der Waals surface area contributed by atoms with Gasteiger partial charge in [0.1, 0.15) is 5.82 Å². The molecule has 2 rings (SSSR count). The van der Waals surface area contributed by atoms with Crippen LogP contribution in [-0.2, 0) is 6.54 Å². The number of likely N-dealkylation sites (N-methyl/N-ethyl adjacent to an activating group) is 1. The monoisotopic (exact) mass is 492 g/mol. The largest absolute Gasteiger partial charge is 0.355 e. The summed E-state index contributed by atoms with van der Waals surface area (Å²) in [7, 11) is 3.98. The van der Waals surface area contributed by atoms with Crippen LogP contribution >= 0.6 is 35.7 Å². The molecule has 1 aliphatic heterocycles. The van der Waals surface area contributed by atoms with Gasteiger partial charge < -0.3 is 20.4 Å². The molecule has 0 atom stereocenters. The first kappa shape index (κ1) is 23.3. The van der Waals surface area contributed by atoms with Crippen molar-refractivity contribution >= 4 is 47.5 Å². The molecule has 2 heterocycles. The Morgan fingerprint density at radius 1 is 1.27 bits per heavy atom. The molecule has 0 spiro atoms. The number of anilines is 1. The van der Waals surface area contributed by atoms with E-state index in [4.69, 9.17) is 0 Å². The predicted octanol–water partition coefficient (Wildman–Crippen LogP) is 2.26. The van der Waals surface area contributed by atoms with Crippen molar-refractivity contribution in [2.75, 3.05) is 58.0 Å². The van der Waals surface area contributed by atoms with Gasteiger partial charge in [-0.2, -0.15) is 11.8 Å². The van der Waals surface area contributed by atoms with Gasteiger partial charge in [-0.05, 0) is 44.8 Å². The number of thioether (sulfide) groups is 1. The average molecular weight is 492 g/mol. The van der Waals surface area contributed by atoms with Crippen LogP contribution in [-0.4, -0.2) is 73.7 Å². The van der Waals surface area contributed by atoms with Crippen molar-refractivity contribution < 1.29 is 0 Å². The van der Waals surface area contributed by atoms with Crippen LogP contribution in [0.1, 0.15) is 19.4 Å². The van der Waals surface area contributed by atoms with E-state index < -0.39 is 0 Å². The Morgan fingerprint density at radius 2 is 1.96 bits per heavy atom. The van der Waals surface area contributed by atoms with Crippen LogP contribution in [0.3, 0.4) is 0 Å². The average Bonchev–Trinajstić information content (AvgIpc) is 2.62. The lowest BCUT2D eigenvalue weighted by Crippen LogP contribution is -2.45. The van der Waals surface area contributed by atoms with Crippen molar-refractivity contribution in [1.82, 2.24) is 20.5 Å². The highest BCUT2D eigenvalue weighted by molar-refractivity contribution is 14.0. The van der Waals surface area contributed by atoms with E-state index in [2.05, 4.69) is 69.7 Å². The molecule has 0 saturated carbocycles. The molecule has 1 aromatic heterocycles. The quantitative estimate of drug-likeness (QED) is 0.361. The third-order valence-corrected chi connectivity index (χ3v) is 5.80. The molecule has 0 amide bonds. The number of hydrogen-bond donors (Lipinski definition) is 2. The Labute approximate surface area is 179 Å². The zero-order valence-corrected chi connectivity index (χ0v) is 19.7. The summed E-state index contributed by atoms with van der Waals surface area (Å²) in [6.07, 6.45) is 4.03. The van der Waals surface area contributed by atoms with Crippen LogP contribution in [0.4, 0.5) is 5.82 Å². The minimum Gasteiger partial charge on any atom is -0.355 e. The first-order valence-electron chi connectivity index (χ1n) is 8.81. The number of nitrogens with zero attached hydrogens (tertiary/aromatic N) is 4. The second-order valence-corrected chi connectivity index (χ2v) is 8.57. The standard InChI is InChI=1S/C18H32N6S.HI/c1-18(2,25-5)14-22-17(19-3)21-13-15-6-7-20-16(12-15)24-10-8-23(4)9-11-24;/h6-7,12H,8-11,13-14H2,1-5H3,(H2,19,21,22);1H. The molecule has 0 radical (unpaired) electrons. The van der Waals surface area contributed by atoms with Crippen LogP contribution in [0.15, 0.2) is 23.3 Å². The number of hydrogen-bond acceptors (Lipinski definition) is 5. The van der Waals surface area contributed by atoms with E-state index in [1.807, 2.05) is 25.0 Å². The first-order chi connectivity index (χ1) is 11.9. The summed E-state index contributed by atoms with van der Waals surface area (Å²) in [5.41, 5.74) is 1.22. The zero-order valence-electron chi connectivity index (χ0n) is 16.6. The second-order valence-electron chi connectivity index (χ2n) is 7.06. The summed E-state index contributed by atoms with van der Waals surface area (Å²) in [4.78, 5) is 13.6. The van der Waals surface area contributed by atoms with Gasteiger partial charge in [-0.15, -0.1) is 24.0 Å². The molecule has 0 aliphatic carbocycles. The summed E-state index contributed by atoms with van der Waals surface area (Å²) in [5, 5.41) is 6.79. The minimum atomic E-state index is 0. The maximum atomic E-state index is 4.55. The van der Waals surface area contributed by atoms with Crippen LogP contribution in [0.2, 0.25) is 0 Å². The highest BCUT2D eigenvalue weighted by Crippen LogP contribution is 2.19. The predicted molar refractivity (Wildman–Crippen MR) is 125 cm³/mol. The molecule has 1 fully saturated rings. The Kier molecular flexibility index (Phi) is 10.0. The lowest BCUT2D eigenvalue weighted by molar-refractivity contribution is 0.312. The lowest BCUT2D eigenvalue weighted by atomic mass is 10.2. The van der Waals surface area contributed by atoms with E-state index in [0.29, 0.717) is 0 Å². The summed E-state index contributed by atoms with van der Waals surface area (Å²) in [6, 6.07) is 4.24. The van der Waals surface area contributed by atoms with Crippen LogP contribution in [0.25, 0.3) is 0 Å². The molecule has 1 aliphatic rings. The summed E-state index contributed by atoms with van der Waals surface area (Å²) in [6.45, 7) is 10.3. The normalized spacial score (nSPS) is 16.2. The smallest absolute Gasteiger partial charge is 0.191 e. The minimum absolute atomic E-state index is 0. The van der Waals surface area contributed by atoms with Gasteiger partial charge in [0.2, 0.25) is 0 Å². The van der Waals surface area contributed by atoms with Crippen molar-refractivity contribution in [2.45, 2.75) is 25.1 Å². The number of aliphatic imine (C=N–C) groups is 1. The Hall–Kier alpha value is -0.740. The van der Waals surface area contributed by atoms with E-state index in [9.17, 15) is 0 Å². The fraction of sp³-hybridized carbons (Fsp3) is 0.667. The van der Waals surface area contributed by atoms with Crippen molar-refractivity contribution in [2.24, 2.45) is 4.99 Å². The molecule has 1 aromatic rings. The van der Waals surface area contributed by atoms with Gasteiger partial charge in [-0.25, -0.2) is 4.98 Å². The Bertz CT molecular complexity index is 573.